The number of aliphatic hydroxyl groups excluding tert-OH is 1. The minimum atomic E-state index is -0.931. The number of rotatable bonds is 2. The van der Waals surface area contributed by atoms with Crippen LogP contribution in [0, 0.1) is 0 Å². The molecular weight excluding hydrogens is 264 g/mol. The summed E-state index contributed by atoms with van der Waals surface area (Å²) in [4.78, 5) is 12.3. The second kappa shape index (κ2) is 4.68. The van der Waals surface area contributed by atoms with Gasteiger partial charge in [-0.3, -0.25) is 4.79 Å². The molecule has 2 aromatic carbocycles. The van der Waals surface area contributed by atoms with Gasteiger partial charge in [-0.2, -0.15) is 0 Å². The Morgan fingerprint density at radius 1 is 1.11 bits per heavy atom. The number of aliphatic hydroxyl groups is 1. The molecule has 2 unspecified atom stereocenters. The Balaban J connectivity index is 1.89. The van der Waals surface area contributed by atoms with Crippen LogP contribution in [0.1, 0.15) is 22.0 Å². The van der Waals surface area contributed by atoms with Crippen LogP contribution in [0.2, 0.25) is 5.02 Å². The van der Waals surface area contributed by atoms with Gasteiger partial charge in [0.25, 0.3) is 0 Å². The fourth-order valence-corrected chi connectivity index (χ4v) is 2.30. The quantitative estimate of drug-likeness (QED) is 0.857. The average molecular weight is 275 g/mol. The Morgan fingerprint density at radius 2 is 1.79 bits per heavy atom. The van der Waals surface area contributed by atoms with E-state index in [0.29, 0.717) is 21.9 Å². The lowest BCUT2D eigenvalue weighted by Gasteiger charge is -2.13. The monoisotopic (exact) mass is 274 g/mol. The molecule has 2 atom stereocenters. The van der Waals surface area contributed by atoms with E-state index in [1.807, 2.05) is 0 Å². The normalized spacial score (nSPS) is 20.7. The summed E-state index contributed by atoms with van der Waals surface area (Å²) in [5.41, 5.74) is 1.12. The number of benzene rings is 2. The molecule has 1 aliphatic heterocycles. The molecule has 0 radical (unpaired) electrons. The van der Waals surface area contributed by atoms with Crippen molar-refractivity contribution in [3.8, 4) is 5.75 Å². The molecule has 1 N–H and O–H groups in total. The summed E-state index contributed by atoms with van der Waals surface area (Å²) in [6.45, 7) is 0. The number of para-hydroxylation sites is 1. The van der Waals surface area contributed by atoms with Gasteiger partial charge in [0, 0.05) is 16.1 Å². The lowest BCUT2D eigenvalue weighted by Crippen LogP contribution is -2.29. The zero-order valence-corrected chi connectivity index (χ0v) is 10.7. The van der Waals surface area contributed by atoms with E-state index in [2.05, 4.69) is 0 Å². The van der Waals surface area contributed by atoms with Crippen LogP contribution in [-0.2, 0) is 0 Å². The third-order valence-electron chi connectivity index (χ3n) is 3.17. The number of hydrogen-bond acceptors (Lipinski definition) is 3. The highest BCUT2D eigenvalue weighted by atomic mass is 35.5. The molecule has 0 aromatic heterocycles. The molecule has 0 saturated carbocycles. The summed E-state index contributed by atoms with van der Waals surface area (Å²) >= 11 is 5.79. The third-order valence-corrected chi connectivity index (χ3v) is 3.42. The highest BCUT2D eigenvalue weighted by molar-refractivity contribution is 6.30. The molecule has 0 spiro atoms. The second-order valence-corrected chi connectivity index (χ2v) is 4.83. The maximum Gasteiger partial charge on any atom is 0.206 e. The van der Waals surface area contributed by atoms with Crippen LogP contribution in [0.4, 0.5) is 0 Å². The third kappa shape index (κ3) is 2.11. The SMILES string of the molecule is O=C(c1ccc(Cl)cc1)C1Oc2ccccc2C1O. The molecule has 0 amide bonds. The van der Waals surface area contributed by atoms with Crippen LogP contribution >= 0.6 is 11.6 Å². The van der Waals surface area contributed by atoms with Crippen molar-refractivity contribution in [3.63, 3.8) is 0 Å². The molecule has 1 aliphatic rings. The Bertz CT molecular complexity index is 622. The maximum atomic E-state index is 12.3. The summed E-state index contributed by atoms with van der Waals surface area (Å²) in [5, 5.41) is 10.7. The number of Topliss-reactive ketones (excluding diaryl/α,β-unsaturated/α-hetero) is 1. The molecule has 19 heavy (non-hydrogen) atoms. The van der Waals surface area contributed by atoms with Gasteiger partial charge in [-0.1, -0.05) is 29.8 Å². The van der Waals surface area contributed by atoms with Crippen molar-refractivity contribution in [1.29, 1.82) is 0 Å². The smallest absolute Gasteiger partial charge is 0.206 e. The van der Waals surface area contributed by atoms with Gasteiger partial charge < -0.3 is 9.84 Å². The topological polar surface area (TPSA) is 46.5 Å². The molecule has 4 heteroatoms. The summed E-state index contributed by atoms with van der Waals surface area (Å²) in [6, 6.07) is 13.7. The average Bonchev–Trinajstić information content (AvgIpc) is 2.77. The summed E-state index contributed by atoms with van der Waals surface area (Å²) in [6.07, 6.45) is -1.82. The van der Waals surface area contributed by atoms with Gasteiger partial charge in [0.15, 0.2) is 6.10 Å². The number of ketones is 1. The Labute approximate surface area is 115 Å². The van der Waals surface area contributed by atoms with Gasteiger partial charge in [0.05, 0.1) is 0 Å². The van der Waals surface area contributed by atoms with E-state index in [1.165, 1.54) is 0 Å². The number of fused-ring (bicyclic) bond motifs is 1. The molecular formula is C15H11ClO3. The molecule has 2 aromatic rings. The van der Waals surface area contributed by atoms with Crippen LogP contribution in [-0.4, -0.2) is 17.0 Å². The van der Waals surface area contributed by atoms with Crippen LogP contribution in [0.25, 0.3) is 0 Å². The van der Waals surface area contributed by atoms with Crippen molar-refractivity contribution >= 4 is 17.4 Å². The Kier molecular flexibility index (Phi) is 3.01. The highest BCUT2D eigenvalue weighted by Gasteiger charge is 2.38. The number of ether oxygens (including phenoxy) is 1. The minimum Gasteiger partial charge on any atom is -0.479 e. The number of carbonyl (C=O) groups excluding carboxylic acids is 1. The van der Waals surface area contributed by atoms with E-state index in [-0.39, 0.29) is 5.78 Å². The molecule has 0 bridgehead atoms. The maximum absolute atomic E-state index is 12.3. The largest absolute Gasteiger partial charge is 0.479 e. The van der Waals surface area contributed by atoms with E-state index < -0.39 is 12.2 Å². The van der Waals surface area contributed by atoms with Crippen molar-refractivity contribution < 1.29 is 14.6 Å². The van der Waals surface area contributed by atoms with Gasteiger partial charge in [-0.25, -0.2) is 0 Å². The first-order valence-corrected chi connectivity index (χ1v) is 6.28. The van der Waals surface area contributed by atoms with Crippen molar-refractivity contribution in [1.82, 2.24) is 0 Å². The standard InChI is InChI=1S/C15H11ClO3/c16-10-7-5-9(6-8-10)13(17)15-14(18)11-3-1-2-4-12(11)19-15/h1-8,14-15,18H. The van der Waals surface area contributed by atoms with Crippen molar-refractivity contribution in [2.24, 2.45) is 0 Å². The first kappa shape index (κ1) is 12.2. The van der Waals surface area contributed by atoms with E-state index >= 15 is 0 Å². The van der Waals surface area contributed by atoms with Crippen molar-refractivity contribution in [2.75, 3.05) is 0 Å². The second-order valence-electron chi connectivity index (χ2n) is 4.39. The van der Waals surface area contributed by atoms with E-state index in [0.717, 1.165) is 0 Å². The van der Waals surface area contributed by atoms with Crippen LogP contribution < -0.4 is 4.74 Å². The van der Waals surface area contributed by atoms with Gasteiger partial charge in [0.2, 0.25) is 5.78 Å². The fourth-order valence-electron chi connectivity index (χ4n) is 2.17. The van der Waals surface area contributed by atoms with Crippen molar-refractivity contribution in [3.05, 3.63) is 64.7 Å². The Morgan fingerprint density at radius 3 is 2.47 bits per heavy atom. The van der Waals surface area contributed by atoms with E-state index in [1.54, 1.807) is 48.5 Å². The first-order valence-electron chi connectivity index (χ1n) is 5.90. The zero-order chi connectivity index (χ0) is 13.4. The van der Waals surface area contributed by atoms with Crippen LogP contribution in [0.5, 0.6) is 5.75 Å². The summed E-state index contributed by atoms with van der Waals surface area (Å²) in [5.74, 6) is 0.308. The molecule has 3 nitrogen and oxygen atoms in total. The van der Waals surface area contributed by atoms with Crippen LogP contribution in [0.15, 0.2) is 48.5 Å². The number of carbonyl (C=O) groups is 1. The van der Waals surface area contributed by atoms with E-state index in [4.69, 9.17) is 16.3 Å². The van der Waals surface area contributed by atoms with Crippen LogP contribution in [0.3, 0.4) is 0 Å². The predicted molar refractivity (Wildman–Crippen MR) is 71.6 cm³/mol. The van der Waals surface area contributed by atoms with E-state index in [9.17, 15) is 9.90 Å². The predicted octanol–water partition coefficient (Wildman–Crippen LogP) is 3.02. The zero-order valence-electron chi connectivity index (χ0n) is 9.92. The minimum absolute atomic E-state index is 0.250. The molecule has 1 heterocycles. The summed E-state index contributed by atoms with van der Waals surface area (Å²) < 4.78 is 5.53. The van der Waals surface area contributed by atoms with Crippen molar-refractivity contribution in [2.45, 2.75) is 12.2 Å². The van der Waals surface area contributed by atoms with Gasteiger partial charge in [-0.05, 0) is 30.3 Å². The summed E-state index contributed by atoms with van der Waals surface area (Å²) in [7, 11) is 0. The fraction of sp³-hybridized carbons (Fsp3) is 0.133. The lowest BCUT2D eigenvalue weighted by molar-refractivity contribution is 0.0493. The molecule has 0 aliphatic carbocycles. The first-order chi connectivity index (χ1) is 9.16. The van der Waals surface area contributed by atoms with Gasteiger partial charge in [-0.15, -0.1) is 0 Å². The number of hydrogen-bond donors (Lipinski definition) is 1. The highest BCUT2D eigenvalue weighted by Crippen LogP contribution is 2.37. The van der Waals surface area contributed by atoms with Gasteiger partial charge >= 0.3 is 0 Å². The number of halogens is 1. The Hall–Kier alpha value is -1.84. The lowest BCUT2D eigenvalue weighted by atomic mass is 9.99. The van der Waals surface area contributed by atoms with Gasteiger partial charge in [0.1, 0.15) is 11.9 Å². The molecule has 0 fully saturated rings. The molecule has 0 saturated heterocycles. The molecule has 96 valence electrons. The molecule has 3 rings (SSSR count).